The predicted octanol–water partition coefficient (Wildman–Crippen LogP) is 3.00. The van der Waals surface area contributed by atoms with E-state index in [1.807, 2.05) is 6.26 Å². The molecule has 0 radical (unpaired) electrons. The summed E-state index contributed by atoms with van der Waals surface area (Å²) < 4.78 is 17.8. The van der Waals surface area contributed by atoms with Crippen molar-refractivity contribution < 1.29 is 14.2 Å². The average Bonchev–Trinajstić information content (AvgIpc) is 2.53. The molecule has 0 N–H and O–H groups in total. The van der Waals surface area contributed by atoms with Crippen LogP contribution >= 0.6 is 0 Å². The van der Waals surface area contributed by atoms with E-state index in [1.165, 1.54) is 0 Å². The van der Waals surface area contributed by atoms with Gasteiger partial charge in [0.15, 0.2) is 0 Å². The first kappa shape index (κ1) is 11.5. The first-order valence-electron chi connectivity index (χ1n) is 6.54. The summed E-state index contributed by atoms with van der Waals surface area (Å²) in [6, 6.07) is 0. The van der Waals surface area contributed by atoms with Crippen LogP contribution in [0.15, 0.2) is 12.3 Å². The topological polar surface area (TPSA) is 27.7 Å². The van der Waals surface area contributed by atoms with Gasteiger partial charge in [0.1, 0.15) is 5.60 Å². The third-order valence-corrected chi connectivity index (χ3v) is 4.45. The van der Waals surface area contributed by atoms with Gasteiger partial charge in [0.2, 0.25) is 6.29 Å². The van der Waals surface area contributed by atoms with Gasteiger partial charge in [-0.1, -0.05) is 6.92 Å². The molecule has 96 valence electrons. The van der Waals surface area contributed by atoms with Crippen LogP contribution in [0.4, 0.5) is 0 Å². The van der Waals surface area contributed by atoms with E-state index in [-0.39, 0.29) is 29.0 Å². The van der Waals surface area contributed by atoms with Gasteiger partial charge in [-0.25, -0.2) is 0 Å². The van der Waals surface area contributed by atoms with Crippen molar-refractivity contribution in [2.75, 3.05) is 0 Å². The molecular weight excluding hydrogens is 216 g/mol. The first-order chi connectivity index (χ1) is 7.85. The molecule has 2 aliphatic heterocycles. The summed E-state index contributed by atoms with van der Waals surface area (Å²) in [6.07, 6.45) is 7.16. The number of hydrogen-bond donors (Lipinski definition) is 0. The Balaban J connectivity index is 1.90. The molecule has 3 nitrogen and oxygen atoms in total. The van der Waals surface area contributed by atoms with E-state index < -0.39 is 0 Å². The van der Waals surface area contributed by atoms with Gasteiger partial charge in [-0.05, 0) is 39.7 Å². The Morgan fingerprint density at radius 3 is 2.82 bits per heavy atom. The Kier molecular flexibility index (Phi) is 2.22. The van der Waals surface area contributed by atoms with Crippen molar-refractivity contribution in [1.29, 1.82) is 0 Å². The minimum absolute atomic E-state index is 0.0535. The van der Waals surface area contributed by atoms with Crippen molar-refractivity contribution in [1.82, 2.24) is 0 Å². The van der Waals surface area contributed by atoms with E-state index >= 15 is 0 Å². The first-order valence-corrected chi connectivity index (χ1v) is 6.54. The molecule has 3 heteroatoms. The molecule has 3 aliphatic rings. The number of fused-ring (bicyclic) bond motifs is 1. The predicted molar refractivity (Wildman–Crippen MR) is 64.4 cm³/mol. The van der Waals surface area contributed by atoms with Crippen LogP contribution in [0.3, 0.4) is 0 Å². The number of ether oxygens (including phenoxy) is 3. The highest BCUT2D eigenvalue weighted by Gasteiger charge is 2.65. The Labute approximate surface area is 103 Å². The highest BCUT2D eigenvalue weighted by molar-refractivity contribution is 5.22. The maximum Gasteiger partial charge on any atom is 0.200 e. The normalized spacial score (nSPS) is 48.0. The van der Waals surface area contributed by atoms with Crippen LogP contribution in [-0.2, 0) is 14.2 Å². The van der Waals surface area contributed by atoms with Gasteiger partial charge < -0.3 is 14.2 Å². The molecule has 0 aromatic carbocycles. The summed E-state index contributed by atoms with van der Waals surface area (Å²) in [5.41, 5.74) is -0.190. The highest BCUT2D eigenvalue weighted by Crippen LogP contribution is 2.60. The summed E-state index contributed by atoms with van der Waals surface area (Å²) >= 11 is 0. The monoisotopic (exact) mass is 238 g/mol. The maximum atomic E-state index is 6.25. The van der Waals surface area contributed by atoms with Crippen LogP contribution in [0.5, 0.6) is 0 Å². The van der Waals surface area contributed by atoms with Crippen molar-refractivity contribution in [2.45, 2.75) is 70.6 Å². The lowest BCUT2D eigenvalue weighted by molar-refractivity contribution is -0.154. The molecule has 1 saturated carbocycles. The third kappa shape index (κ3) is 1.55. The van der Waals surface area contributed by atoms with Crippen LogP contribution in [0.25, 0.3) is 0 Å². The molecule has 1 spiro atoms. The van der Waals surface area contributed by atoms with Crippen LogP contribution in [-0.4, -0.2) is 23.6 Å². The Morgan fingerprint density at radius 1 is 1.35 bits per heavy atom. The van der Waals surface area contributed by atoms with Crippen LogP contribution in [0.2, 0.25) is 0 Å². The standard InChI is InChI=1S/C14H22O3/c1-12(2,3)16-10-5-6-14-7-8-15-11(17-14)9-13(10,14)4/h7-8,10-11H,5-6,9H2,1-4H3/t10-,11+,13+,14+/m0/s1. The van der Waals surface area contributed by atoms with Crippen molar-refractivity contribution in [3.8, 4) is 0 Å². The third-order valence-electron chi connectivity index (χ3n) is 4.45. The Hall–Kier alpha value is -0.540. The zero-order chi connectivity index (χ0) is 12.3. The molecule has 17 heavy (non-hydrogen) atoms. The van der Waals surface area contributed by atoms with Crippen LogP contribution < -0.4 is 0 Å². The molecule has 0 unspecified atom stereocenters. The lowest BCUT2D eigenvalue weighted by Crippen LogP contribution is -2.45. The van der Waals surface area contributed by atoms with E-state index in [0.29, 0.717) is 0 Å². The summed E-state index contributed by atoms with van der Waals surface area (Å²) in [5.74, 6) is 0. The molecule has 2 heterocycles. The fourth-order valence-electron chi connectivity index (χ4n) is 3.58. The zero-order valence-corrected chi connectivity index (χ0v) is 11.2. The van der Waals surface area contributed by atoms with Gasteiger partial charge in [0.05, 0.1) is 18.0 Å². The van der Waals surface area contributed by atoms with Gasteiger partial charge in [-0.15, -0.1) is 0 Å². The largest absolute Gasteiger partial charge is 0.473 e. The molecule has 0 aromatic rings. The average molecular weight is 238 g/mol. The minimum Gasteiger partial charge on any atom is -0.473 e. The number of rotatable bonds is 1. The van der Waals surface area contributed by atoms with E-state index in [1.54, 1.807) is 0 Å². The summed E-state index contributed by atoms with van der Waals surface area (Å²) in [5, 5.41) is 0. The molecule has 1 aliphatic carbocycles. The minimum atomic E-state index is -0.147. The second kappa shape index (κ2) is 3.27. The van der Waals surface area contributed by atoms with Gasteiger partial charge in [0.25, 0.3) is 0 Å². The Bertz CT molecular complexity index is 357. The SMILES string of the molecule is CC(C)(C)O[C@H]1CC[C@@]23C=CO[C@@H](C[C@]12C)O3. The van der Waals surface area contributed by atoms with Crippen molar-refractivity contribution in [3.63, 3.8) is 0 Å². The molecule has 0 amide bonds. The second-order valence-electron chi connectivity index (χ2n) is 6.75. The molecule has 3 rings (SSSR count). The fraction of sp³-hybridized carbons (Fsp3) is 0.857. The zero-order valence-electron chi connectivity index (χ0n) is 11.2. The molecular formula is C14H22O3. The Morgan fingerprint density at radius 2 is 2.12 bits per heavy atom. The second-order valence-corrected chi connectivity index (χ2v) is 6.75. The summed E-state index contributed by atoms with van der Waals surface area (Å²) in [4.78, 5) is 0. The van der Waals surface area contributed by atoms with Crippen molar-refractivity contribution in [2.24, 2.45) is 5.41 Å². The van der Waals surface area contributed by atoms with E-state index in [0.717, 1.165) is 19.3 Å². The van der Waals surface area contributed by atoms with E-state index in [4.69, 9.17) is 14.2 Å². The summed E-state index contributed by atoms with van der Waals surface area (Å²) in [7, 11) is 0. The summed E-state index contributed by atoms with van der Waals surface area (Å²) in [6.45, 7) is 8.65. The van der Waals surface area contributed by atoms with Gasteiger partial charge in [-0.3, -0.25) is 0 Å². The maximum absolute atomic E-state index is 6.25. The number of hydrogen-bond acceptors (Lipinski definition) is 3. The molecule has 0 aromatic heterocycles. The molecule has 2 fully saturated rings. The van der Waals surface area contributed by atoms with Crippen molar-refractivity contribution in [3.05, 3.63) is 12.3 Å². The van der Waals surface area contributed by atoms with Gasteiger partial charge in [0, 0.05) is 11.8 Å². The molecule has 1 saturated heterocycles. The fourth-order valence-corrected chi connectivity index (χ4v) is 3.58. The smallest absolute Gasteiger partial charge is 0.200 e. The molecule has 2 bridgehead atoms. The van der Waals surface area contributed by atoms with Crippen LogP contribution in [0.1, 0.15) is 47.0 Å². The quantitative estimate of drug-likeness (QED) is 0.703. The van der Waals surface area contributed by atoms with Crippen LogP contribution in [0, 0.1) is 5.41 Å². The van der Waals surface area contributed by atoms with Crippen molar-refractivity contribution >= 4 is 0 Å². The highest BCUT2D eigenvalue weighted by atomic mass is 16.7. The van der Waals surface area contributed by atoms with E-state index in [2.05, 4.69) is 33.8 Å². The van der Waals surface area contributed by atoms with Gasteiger partial charge >= 0.3 is 0 Å². The lowest BCUT2D eigenvalue weighted by atomic mass is 9.74. The molecule has 4 atom stereocenters. The van der Waals surface area contributed by atoms with Gasteiger partial charge in [-0.2, -0.15) is 0 Å². The van der Waals surface area contributed by atoms with E-state index in [9.17, 15) is 0 Å². The lowest BCUT2D eigenvalue weighted by Gasteiger charge is -2.39.